The van der Waals surface area contributed by atoms with Crippen molar-refractivity contribution in [3.63, 3.8) is 0 Å². The van der Waals surface area contributed by atoms with Gasteiger partial charge in [-0.3, -0.25) is 0 Å². The molecule has 1 aromatic carbocycles. The van der Waals surface area contributed by atoms with Crippen LogP contribution in [0.1, 0.15) is 0 Å². The molecule has 1 N–H and O–H groups in total. The Bertz CT molecular complexity index is 432. The molecule has 16 heavy (non-hydrogen) atoms. The number of carboxylic acids is 1. The van der Waals surface area contributed by atoms with E-state index >= 15 is 0 Å². The summed E-state index contributed by atoms with van der Waals surface area (Å²) in [5.74, 6) is -1.36. The first-order valence-electron chi connectivity index (χ1n) is 4.21. The molecule has 1 heterocycles. The highest BCUT2D eigenvalue weighted by atomic mass is 19.3. The van der Waals surface area contributed by atoms with Crippen LogP contribution in [0.3, 0.4) is 0 Å². The molecule has 2 rings (SSSR count). The summed E-state index contributed by atoms with van der Waals surface area (Å²) in [7, 11) is 0. The second-order valence-corrected chi connectivity index (χ2v) is 2.96. The van der Waals surface area contributed by atoms with E-state index in [-0.39, 0.29) is 17.2 Å². The Morgan fingerprint density at radius 1 is 1.38 bits per heavy atom. The van der Waals surface area contributed by atoms with Crippen molar-refractivity contribution in [3.8, 4) is 17.2 Å². The van der Waals surface area contributed by atoms with Crippen LogP contribution in [0, 0.1) is 0 Å². The van der Waals surface area contributed by atoms with Gasteiger partial charge in [-0.25, -0.2) is 4.79 Å². The van der Waals surface area contributed by atoms with Gasteiger partial charge < -0.3 is 19.3 Å². The van der Waals surface area contributed by atoms with Gasteiger partial charge in [-0.1, -0.05) is 0 Å². The van der Waals surface area contributed by atoms with E-state index in [0.717, 1.165) is 6.07 Å². The molecule has 0 bridgehead atoms. The van der Waals surface area contributed by atoms with Gasteiger partial charge in [0.2, 0.25) is 0 Å². The Hall–Kier alpha value is -2.05. The van der Waals surface area contributed by atoms with Crippen LogP contribution < -0.4 is 14.2 Å². The first-order valence-corrected chi connectivity index (χ1v) is 4.21. The van der Waals surface area contributed by atoms with Gasteiger partial charge in [0.25, 0.3) is 0 Å². The monoisotopic (exact) mass is 232 g/mol. The molecular formula is C9H6F2O5. The molecule has 5 nitrogen and oxygen atoms in total. The molecule has 1 aromatic rings. The highest BCUT2D eigenvalue weighted by molar-refractivity contribution is 5.68. The fraction of sp³-hybridized carbons (Fsp3) is 0.222. The summed E-state index contributed by atoms with van der Waals surface area (Å²) in [5, 5.41) is 8.35. The fourth-order valence-electron chi connectivity index (χ4n) is 1.16. The molecule has 86 valence electrons. The number of rotatable bonds is 3. The van der Waals surface area contributed by atoms with Crippen molar-refractivity contribution in [2.45, 2.75) is 6.29 Å². The summed E-state index contributed by atoms with van der Waals surface area (Å²) < 4.78 is 38.3. The number of halogens is 2. The number of aliphatic carboxylic acids is 1. The Morgan fingerprint density at radius 3 is 2.75 bits per heavy atom. The first kappa shape index (κ1) is 10.5. The third-order valence-electron chi connectivity index (χ3n) is 1.74. The third kappa shape index (κ3) is 2.13. The third-order valence-corrected chi connectivity index (χ3v) is 1.74. The van der Waals surface area contributed by atoms with Crippen LogP contribution in [0.15, 0.2) is 18.2 Å². The van der Waals surface area contributed by atoms with Gasteiger partial charge in [-0.15, -0.1) is 8.78 Å². The number of alkyl halides is 2. The van der Waals surface area contributed by atoms with Gasteiger partial charge in [-0.2, -0.15) is 0 Å². The predicted octanol–water partition coefficient (Wildman–Crippen LogP) is 1.47. The zero-order valence-corrected chi connectivity index (χ0v) is 7.78. The van der Waals surface area contributed by atoms with Gasteiger partial charge in [0, 0.05) is 6.07 Å². The van der Waals surface area contributed by atoms with Crippen LogP contribution in [0.25, 0.3) is 0 Å². The van der Waals surface area contributed by atoms with Gasteiger partial charge >= 0.3 is 12.3 Å². The Balaban J connectivity index is 2.13. The lowest BCUT2D eigenvalue weighted by atomic mass is 10.3. The molecule has 1 aliphatic heterocycles. The van der Waals surface area contributed by atoms with Crippen LogP contribution in [-0.4, -0.2) is 24.0 Å². The normalized spacial score (nSPS) is 15.9. The number of fused-ring (bicyclic) bond motifs is 1. The predicted molar refractivity (Wildman–Crippen MR) is 45.8 cm³/mol. The van der Waals surface area contributed by atoms with Crippen molar-refractivity contribution < 1.29 is 32.9 Å². The summed E-state index contributed by atoms with van der Waals surface area (Å²) in [4.78, 5) is 10.2. The zero-order chi connectivity index (χ0) is 11.8. The molecule has 0 saturated carbocycles. The highest BCUT2D eigenvalue weighted by Crippen LogP contribution is 2.42. The molecule has 0 radical (unpaired) electrons. The summed E-state index contributed by atoms with van der Waals surface area (Å²) in [6.45, 7) is -0.559. The van der Waals surface area contributed by atoms with Crippen LogP contribution in [0.5, 0.6) is 17.2 Å². The fourth-order valence-corrected chi connectivity index (χ4v) is 1.16. The van der Waals surface area contributed by atoms with E-state index in [1.54, 1.807) is 0 Å². The molecule has 1 aliphatic rings. The van der Waals surface area contributed by atoms with Crippen LogP contribution in [0.4, 0.5) is 8.78 Å². The summed E-state index contributed by atoms with van der Waals surface area (Å²) in [6.07, 6.45) is -3.69. The molecule has 0 aromatic heterocycles. The summed E-state index contributed by atoms with van der Waals surface area (Å²) in [6, 6.07) is 3.67. The average Bonchev–Trinajstić information content (AvgIpc) is 2.47. The highest BCUT2D eigenvalue weighted by Gasteiger charge is 2.43. The van der Waals surface area contributed by atoms with Crippen LogP contribution >= 0.6 is 0 Å². The lowest BCUT2D eigenvalue weighted by Gasteiger charge is -2.04. The van der Waals surface area contributed by atoms with Gasteiger partial charge in [-0.05, 0) is 12.1 Å². The van der Waals surface area contributed by atoms with Crippen LogP contribution in [-0.2, 0) is 4.79 Å². The van der Waals surface area contributed by atoms with E-state index in [4.69, 9.17) is 9.84 Å². The van der Waals surface area contributed by atoms with Crippen LogP contribution in [0.2, 0.25) is 0 Å². The van der Waals surface area contributed by atoms with Gasteiger partial charge in [0.1, 0.15) is 5.75 Å². The van der Waals surface area contributed by atoms with E-state index in [9.17, 15) is 13.6 Å². The zero-order valence-electron chi connectivity index (χ0n) is 7.78. The van der Waals surface area contributed by atoms with Crippen molar-refractivity contribution in [1.29, 1.82) is 0 Å². The molecule has 0 amide bonds. The van der Waals surface area contributed by atoms with Gasteiger partial charge in [0.15, 0.2) is 18.1 Å². The maximum absolute atomic E-state index is 12.6. The van der Waals surface area contributed by atoms with Crippen molar-refractivity contribution in [2.24, 2.45) is 0 Å². The van der Waals surface area contributed by atoms with E-state index in [1.165, 1.54) is 12.1 Å². The number of hydrogen-bond acceptors (Lipinski definition) is 4. The molecule has 0 atom stereocenters. The molecule has 0 unspecified atom stereocenters. The molecule has 0 saturated heterocycles. The minimum Gasteiger partial charge on any atom is -0.482 e. The van der Waals surface area contributed by atoms with Crippen molar-refractivity contribution >= 4 is 5.97 Å². The average molecular weight is 232 g/mol. The van der Waals surface area contributed by atoms with E-state index in [2.05, 4.69) is 9.47 Å². The number of carboxylic acid groups (broad SMARTS) is 1. The van der Waals surface area contributed by atoms with E-state index in [1.807, 2.05) is 0 Å². The second-order valence-electron chi connectivity index (χ2n) is 2.96. The Labute approximate surface area is 88.1 Å². The number of carbonyl (C=O) groups is 1. The SMILES string of the molecule is O=C(O)COc1ccc2c(c1)OC(F)(F)O2. The Kier molecular flexibility index (Phi) is 2.30. The second kappa shape index (κ2) is 3.51. The number of hydrogen-bond donors (Lipinski definition) is 1. The van der Waals surface area contributed by atoms with Crippen molar-refractivity contribution in [1.82, 2.24) is 0 Å². The molecular weight excluding hydrogens is 226 g/mol. The quantitative estimate of drug-likeness (QED) is 0.854. The summed E-state index contributed by atoms with van der Waals surface area (Å²) >= 11 is 0. The molecule has 0 aliphatic carbocycles. The minimum atomic E-state index is -3.69. The largest absolute Gasteiger partial charge is 0.586 e. The van der Waals surface area contributed by atoms with Gasteiger partial charge in [0.05, 0.1) is 0 Å². The Morgan fingerprint density at radius 2 is 2.06 bits per heavy atom. The maximum Gasteiger partial charge on any atom is 0.586 e. The first-order chi connectivity index (χ1) is 7.46. The minimum absolute atomic E-state index is 0.113. The topological polar surface area (TPSA) is 65.0 Å². The lowest BCUT2D eigenvalue weighted by molar-refractivity contribution is -0.286. The lowest BCUT2D eigenvalue weighted by Crippen LogP contribution is -2.25. The number of ether oxygens (including phenoxy) is 3. The molecule has 0 spiro atoms. The van der Waals surface area contributed by atoms with Crippen molar-refractivity contribution in [2.75, 3.05) is 6.61 Å². The standard InChI is InChI=1S/C9H6F2O5/c10-9(11)15-6-2-1-5(3-7(6)16-9)14-4-8(12)13/h1-3H,4H2,(H,12,13). The maximum atomic E-state index is 12.6. The smallest absolute Gasteiger partial charge is 0.482 e. The number of benzene rings is 1. The van der Waals surface area contributed by atoms with E-state index in [0.29, 0.717) is 0 Å². The molecule has 7 heteroatoms. The van der Waals surface area contributed by atoms with Crippen molar-refractivity contribution in [3.05, 3.63) is 18.2 Å². The summed E-state index contributed by atoms with van der Waals surface area (Å²) in [5.41, 5.74) is 0. The van der Waals surface area contributed by atoms with E-state index < -0.39 is 18.9 Å². The molecule has 0 fully saturated rings.